The lowest BCUT2D eigenvalue weighted by molar-refractivity contribution is -0.133. The Balaban J connectivity index is 1.42. The van der Waals surface area contributed by atoms with E-state index in [-0.39, 0.29) is 18.5 Å². The van der Waals surface area contributed by atoms with Crippen LogP contribution in [0, 0.1) is 12.5 Å². The normalized spacial score (nSPS) is 29.5. The number of terminal acetylenes is 1. The van der Waals surface area contributed by atoms with Crippen molar-refractivity contribution in [3.63, 3.8) is 0 Å². The number of aliphatic imine (C=N–C) groups is 2. The molecule has 0 saturated carbocycles. The number of likely N-dealkylation sites (tertiary alicyclic amines) is 1. The lowest BCUT2D eigenvalue weighted by atomic mass is 10.0. The standard InChI is InChI=1S/C24H30N8O2/c1-5-31-20-21(27-23(31)30-12-8-9-16(25)13-30)29(4)24(34)32(22(20)33)14-19-26-15(2)17-10-6-7-11-18(17)28(19)3/h1,6-7,10-11,16,19-20,23H,8-9,12-14,25H2,2-4H3/t16-,19?,20?,23?/m1/s1. The molecule has 10 heteroatoms. The summed E-state index contributed by atoms with van der Waals surface area (Å²) in [6.07, 6.45) is 6.85. The number of fused-ring (bicyclic) bond motifs is 2. The van der Waals surface area contributed by atoms with Crippen LogP contribution in [0.4, 0.5) is 10.5 Å². The van der Waals surface area contributed by atoms with Gasteiger partial charge in [-0.15, -0.1) is 0 Å². The number of hydrogen-bond donors (Lipinski definition) is 1. The predicted octanol–water partition coefficient (Wildman–Crippen LogP) is 0.546. The van der Waals surface area contributed by atoms with E-state index >= 15 is 0 Å². The Morgan fingerprint density at radius 1 is 1.21 bits per heavy atom. The van der Waals surface area contributed by atoms with E-state index in [1.54, 1.807) is 11.9 Å². The lowest BCUT2D eigenvalue weighted by Gasteiger charge is -2.42. The van der Waals surface area contributed by atoms with Crippen molar-refractivity contribution in [3.8, 4) is 12.5 Å². The second-order valence-electron chi connectivity index (χ2n) is 9.28. The molecule has 0 spiro atoms. The molecule has 0 radical (unpaired) electrons. The van der Waals surface area contributed by atoms with Crippen LogP contribution in [0.1, 0.15) is 25.3 Å². The first kappa shape index (κ1) is 22.4. The summed E-state index contributed by atoms with van der Waals surface area (Å²) in [5.74, 6) is 0.0130. The Kier molecular flexibility index (Phi) is 5.54. The number of nitrogens with zero attached hydrogens (tertiary/aromatic N) is 7. The molecular weight excluding hydrogens is 432 g/mol. The first-order valence-corrected chi connectivity index (χ1v) is 11.6. The third-order valence-electron chi connectivity index (χ3n) is 7.16. The monoisotopic (exact) mass is 462 g/mol. The Labute approximate surface area is 199 Å². The van der Waals surface area contributed by atoms with Gasteiger partial charge in [-0.1, -0.05) is 24.6 Å². The van der Waals surface area contributed by atoms with Crippen molar-refractivity contribution in [2.24, 2.45) is 15.7 Å². The molecule has 4 aliphatic heterocycles. The molecule has 34 heavy (non-hydrogen) atoms. The van der Waals surface area contributed by atoms with Gasteiger partial charge in [-0.25, -0.2) is 9.79 Å². The minimum atomic E-state index is -0.817. The largest absolute Gasteiger partial charge is 0.351 e. The Bertz CT molecular complexity index is 1120. The molecule has 3 amide bonds. The fraction of sp³-hybridized carbons (Fsp3) is 0.500. The number of anilines is 1. The number of carbonyl (C=O) groups is 2. The van der Waals surface area contributed by atoms with Gasteiger partial charge in [-0.05, 0) is 25.8 Å². The second kappa shape index (κ2) is 8.42. The number of likely N-dealkylation sites (N-methyl/N-ethyl adjacent to an activating group) is 2. The maximum Gasteiger partial charge on any atom is 0.332 e. The van der Waals surface area contributed by atoms with Gasteiger partial charge in [0.1, 0.15) is 12.0 Å². The maximum atomic E-state index is 13.7. The molecule has 0 bridgehead atoms. The van der Waals surface area contributed by atoms with Crippen LogP contribution in [0.2, 0.25) is 0 Å². The van der Waals surface area contributed by atoms with Crippen LogP contribution in [0.25, 0.3) is 0 Å². The first-order valence-electron chi connectivity index (χ1n) is 11.6. The zero-order valence-electron chi connectivity index (χ0n) is 19.8. The molecule has 1 aromatic carbocycles. The average molecular weight is 463 g/mol. The highest BCUT2D eigenvalue weighted by atomic mass is 16.2. The first-order chi connectivity index (χ1) is 16.3. The summed E-state index contributed by atoms with van der Waals surface area (Å²) in [5.41, 5.74) is 9.10. The number of urea groups is 1. The van der Waals surface area contributed by atoms with Gasteiger partial charge >= 0.3 is 6.03 Å². The van der Waals surface area contributed by atoms with Gasteiger partial charge in [0.05, 0.1) is 6.54 Å². The number of carbonyl (C=O) groups excluding carboxylic acids is 2. The quantitative estimate of drug-likeness (QED) is 0.659. The van der Waals surface area contributed by atoms with Crippen LogP contribution in [0.5, 0.6) is 0 Å². The number of imide groups is 1. The lowest BCUT2D eigenvalue weighted by Crippen LogP contribution is -2.65. The molecule has 3 unspecified atom stereocenters. The van der Waals surface area contributed by atoms with Gasteiger partial charge < -0.3 is 10.6 Å². The zero-order valence-corrected chi connectivity index (χ0v) is 19.8. The summed E-state index contributed by atoms with van der Waals surface area (Å²) < 4.78 is 0. The van der Waals surface area contributed by atoms with Crippen molar-refractivity contribution in [1.29, 1.82) is 0 Å². The minimum absolute atomic E-state index is 0.0357. The van der Waals surface area contributed by atoms with Gasteiger partial charge in [0, 0.05) is 56.2 Å². The van der Waals surface area contributed by atoms with Crippen molar-refractivity contribution >= 4 is 29.2 Å². The smallest absolute Gasteiger partial charge is 0.332 e. The second-order valence-corrected chi connectivity index (χ2v) is 9.28. The molecule has 1 aromatic rings. The van der Waals surface area contributed by atoms with Crippen molar-refractivity contribution in [3.05, 3.63) is 29.8 Å². The van der Waals surface area contributed by atoms with Crippen LogP contribution >= 0.6 is 0 Å². The molecule has 5 rings (SSSR count). The van der Waals surface area contributed by atoms with Gasteiger partial charge in [-0.3, -0.25) is 29.4 Å². The highest BCUT2D eigenvalue weighted by Gasteiger charge is 2.52. The molecule has 10 nitrogen and oxygen atoms in total. The maximum absolute atomic E-state index is 13.7. The SMILES string of the molecule is C#CN1C2C(=O)N(CC3N=C(C)c4ccccc4N3C)C(=O)N(C)C2=NC1N1CCC[C@@H](N)C1. The molecule has 4 heterocycles. The molecule has 4 aliphatic rings. The Hall–Kier alpha value is -3.42. The van der Waals surface area contributed by atoms with Crippen LogP contribution in [-0.2, 0) is 4.79 Å². The van der Waals surface area contributed by atoms with Crippen molar-refractivity contribution < 1.29 is 9.59 Å². The van der Waals surface area contributed by atoms with E-state index in [0.29, 0.717) is 12.4 Å². The van der Waals surface area contributed by atoms with Crippen molar-refractivity contribution in [2.75, 3.05) is 38.6 Å². The minimum Gasteiger partial charge on any atom is -0.351 e. The van der Waals surface area contributed by atoms with Gasteiger partial charge in [0.2, 0.25) is 0 Å². The predicted molar refractivity (Wildman–Crippen MR) is 130 cm³/mol. The molecule has 0 aromatic heterocycles. The average Bonchev–Trinajstić information content (AvgIpc) is 3.23. The van der Waals surface area contributed by atoms with Crippen molar-refractivity contribution in [2.45, 2.75) is 44.3 Å². The topological polar surface area (TPSA) is 101 Å². The van der Waals surface area contributed by atoms with Crippen LogP contribution in [0.15, 0.2) is 34.3 Å². The Morgan fingerprint density at radius 3 is 2.71 bits per heavy atom. The zero-order chi connectivity index (χ0) is 24.1. The van der Waals surface area contributed by atoms with E-state index < -0.39 is 24.5 Å². The summed E-state index contributed by atoms with van der Waals surface area (Å²) in [6.45, 7) is 3.49. The van der Waals surface area contributed by atoms with Crippen LogP contribution in [0.3, 0.4) is 0 Å². The third-order valence-corrected chi connectivity index (χ3v) is 7.16. The summed E-state index contributed by atoms with van der Waals surface area (Å²) in [6, 6.07) is 9.43. The number of hydrogen-bond acceptors (Lipinski definition) is 8. The van der Waals surface area contributed by atoms with E-state index in [1.165, 1.54) is 9.80 Å². The highest BCUT2D eigenvalue weighted by molar-refractivity contribution is 6.21. The molecule has 2 N–H and O–H groups in total. The number of amidine groups is 1. The van der Waals surface area contributed by atoms with Crippen LogP contribution in [-0.4, -0.2) is 101 Å². The van der Waals surface area contributed by atoms with E-state index in [2.05, 4.69) is 10.9 Å². The third kappa shape index (κ3) is 3.43. The molecule has 4 atom stereocenters. The number of nitrogens with two attached hydrogens (primary N) is 1. The summed E-state index contributed by atoms with van der Waals surface area (Å²) in [7, 11) is 3.56. The molecular formula is C24H30N8O2. The highest BCUT2D eigenvalue weighted by Crippen LogP contribution is 2.31. The van der Waals surface area contributed by atoms with Gasteiger partial charge in [0.25, 0.3) is 5.91 Å². The van der Waals surface area contributed by atoms with Crippen LogP contribution < -0.4 is 10.6 Å². The van der Waals surface area contributed by atoms with E-state index in [4.69, 9.17) is 22.1 Å². The number of para-hydroxylation sites is 1. The van der Waals surface area contributed by atoms with Gasteiger partial charge in [-0.2, -0.15) is 0 Å². The number of rotatable bonds is 3. The fourth-order valence-electron chi connectivity index (χ4n) is 5.30. The van der Waals surface area contributed by atoms with E-state index in [9.17, 15) is 9.59 Å². The number of amides is 3. The van der Waals surface area contributed by atoms with Gasteiger partial charge in [0.15, 0.2) is 12.3 Å². The summed E-state index contributed by atoms with van der Waals surface area (Å²) in [5, 5.41) is 0. The summed E-state index contributed by atoms with van der Waals surface area (Å²) >= 11 is 0. The number of benzene rings is 1. The van der Waals surface area contributed by atoms with E-state index in [1.807, 2.05) is 43.1 Å². The molecule has 2 fully saturated rings. The summed E-state index contributed by atoms with van der Waals surface area (Å²) in [4.78, 5) is 44.9. The molecule has 178 valence electrons. The molecule has 0 aliphatic carbocycles. The fourth-order valence-corrected chi connectivity index (χ4v) is 5.30. The Morgan fingerprint density at radius 2 is 1.97 bits per heavy atom. The number of piperidine rings is 1. The molecule has 2 saturated heterocycles. The van der Waals surface area contributed by atoms with Crippen molar-refractivity contribution in [1.82, 2.24) is 19.6 Å². The van der Waals surface area contributed by atoms with E-state index in [0.717, 1.165) is 36.3 Å².